The summed E-state index contributed by atoms with van der Waals surface area (Å²) in [4.78, 5) is 29.9. The van der Waals surface area contributed by atoms with Crippen LogP contribution in [0.2, 0.25) is 0 Å². The Morgan fingerprint density at radius 3 is 2.96 bits per heavy atom. The first-order chi connectivity index (χ1) is 13.6. The van der Waals surface area contributed by atoms with Crippen LogP contribution in [0, 0.1) is 6.92 Å². The number of pyridine rings is 1. The van der Waals surface area contributed by atoms with Gasteiger partial charge in [-0.1, -0.05) is 25.0 Å². The summed E-state index contributed by atoms with van der Waals surface area (Å²) in [5.41, 5.74) is 2.57. The van der Waals surface area contributed by atoms with E-state index in [1.165, 1.54) is 32.2 Å². The second-order valence-electron chi connectivity index (χ2n) is 8.01. The lowest BCUT2D eigenvalue weighted by atomic mass is 10.00. The number of carbonyl (C=O) groups excluding carboxylic acids is 1. The third kappa shape index (κ3) is 5.44. The molecule has 2 N–H and O–H groups in total. The molecule has 0 saturated carbocycles. The largest absolute Gasteiger partial charge is 0.356 e. The predicted octanol–water partition coefficient (Wildman–Crippen LogP) is 3.54. The molecule has 0 bridgehead atoms. The first kappa shape index (κ1) is 20.6. The van der Waals surface area contributed by atoms with Crippen molar-refractivity contribution in [3.05, 3.63) is 45.7 Å². The average molecular weight is 384 g/mol. The standard InChI is InChI=1S/C23H33N3O2/c1-3-20-7-4-5-13-26(20)14-6-12-24-22(27)11-9-18-16-19-15-17(2)8-10-21(19)25-23(18)28/h8,10,15-16,20H,3-7,9,11-14H2,1-2H3,(H,24,27)(H,25,28). The number of hydrogen-bond donors (Lipinski definition) is 2. The summed E-state index contributed by atoms with van der Waals surface area (Å²) in [5, 5.41) is 4.03. The molecule has 1 aromatic carbocycles. The second kappa shape index (κ2) is 9.87. The quantitative estimate of drug-likeness (QED) is 0.685. The van der Waals surface area contributed by atoms with E-state index in [1.54, 1.807) is 0 Å². The molecule has 1 unspecified atom stereocenters. The van der Waals surface area contributed by atoms with Gasteiger partial charge < -0.3 is 15.2 Å². The summed E-state index contributed by atoms with van der Waals surface area (Å²) in [5.74, 6) is 0.0226. The van der Waals surface area contributed by atoms with Crippen molar-refractivity contribution in [2.45, 2.75) is 64.8 Å². The highest BCUT2D eigenvalue weighted by Gasteiger charge is 2.19. The molecule has 3 rings (SSSR count). The zero-order chi connectivity index (χ0) is 19.9. The SMILES string of the molecule is CCC1CCCCN1CCCNC(=O)CCc1cc2cc(C)ccc2[nH]c1=O. The highest BCUT2D eigenvalue weighted by atomic mass is 16.1. The molecule has 1 aromatic heterocycles. The Hall–Kier alpha value is -2.14. The molecule has 5 heteroatoms. The van der Waals surface area contributed by atoms with Crippen LogP contribution < -0.4 is 10.9 Å². The first-order valence-electron chi connectivity index (χ1n) is 10.7. The molecule has 1 saturated heterocycles. The number of hydrogen-bond acceptors (Lipinski definition) is 3. The molecule has 0 aliphatic carbocycles. The van der Waals surface area contributed by atoms with E-state index in [0.717, 1.165) is 29.4 Å². The molecule has 1 aliphatic heterocycles. The number of aromatic nitrogens is 1. The van der Waals surface area contributed by atoms with E-state index < -0.39 is 0 Å². The van der Waals surface area contributed by atoms with Gasteiger partial charge >= 0.3 is 0 Å². The summed E-state index contributed by atoms with van der Waals surface area (Å²) in [6, 6.07) is 8.59. The summed E-state index contributed by atoms with van der Waals surface area (Å²) in [6.07, 6.45) is 6.96. The Balaban J connectivity index is 1.43. The number of nitrogens with zero attached hydrogens (tertiary/aromatic N) is 1. The van der Waals surface area contributed by atoms with Crippen LogP contribution in [0.25, 0.3) is 10.9 Å². The van der Waals surface area contributed by atoms with Gasteiger partial charge in [0.05, 0.1) is 0 Å². The first-order valence-corrected chi connectivity index (χ1v) is 10.7. The van der Waals surface area contributed by atoms with E-state index in [2.05, 4.69) is 28.2 Å². The zero-order valence-electron chi connectivity index (χ0n) is 17.2. The molecule has 2 heterocycles. The van der Waals surface area contributed by atoms with Gasteiger partial charge in [0.25, 0.3) is 5.56 Å². The smallest absolute Gasteiger partial charge is 0.251 e. The minimum Gasteiger partial charge on any atom is -0.356 e. The fourth-order valence-corrected chi connectivity index (χ4v) is 4.22. The molecule has 0 spiro atoms. The number of benzene rings is 1. The Morgan fingerprint density at radius 1 is 1.29 bits per heavy atom. The van der Waals surface area contributed by atoms with Crippen LogP contribution in [0.15, 0.2) is 29.1 Å². The number of rotatable bonds is 8. The van der Waals surface area contributed by atoms with Gasteiger partial charge in [0.2, 0.25) is 5.91 Å². The van der Waals surface area contributed by atoms with Crippen molar-refractivity contribution < 1.29 is 4.79 Å². The lowest BCUT2D eigenvalue weighted by Gasteiger charge is -2.35. The van der Waals surface area contributed by atoms with E-state index in [4.69, 9.17) is 0 Å². The van der Waals surface area contributed by atoms with E-state index >= 15 is 0 Å². The van der Waals surface area contributed by atoms with Gasteiger partial charge in [-0.15, -0.1) is 0 Å². The Labute approximate surface area is 167 Å². The molecule has 1 atom stereocenters. The summed E-state index contributed by atoms with van der Waals surface area (Å²) < 4.78 is 0. The van der Waals surface area contributed by atoms with Gasteiger partial charge in [0.1, 0.15) is 0 Å². The lowest BCUT2D eigenvalue weighted by Crippen LogP contribution is -2.40. The van der Waals surface area contributed by atoms with Crippen molar-refractivity contribution in [2.24, 2.45) is 0 Å². The molecule has 5 nitrogen and oxygen atoms in total. The van der Waals surface area contributed by atoms with Crippen LogP contribution in [0.5, 0.6) is 0 Å². The Morgan fingerprint density at radius 2 is 2.14 bits per heavy atom. The number of likely N-dealkylation sites (tertiary alicyclic amines) is 1. The summed E-state index contributed by atoms with van der Waals surface area (Å²) >= 11 is 0. The second-order valence-corrected chi connectivity index (χ2v) is 8.01. The average Bonchev–Trinajstić information content (AvgIpc) is 2.70. The zero-order valence-corrected chi connectivity index (χ0v) is 17.2. The van der Waals surface area contributed by atoms with Crippen molar-refractivity contribution in [2.75, 3.05) is 19.6 Å². The number of aryl methyl sites for hydroxylation is 2. The molecule has 0 radical (unpaired) electrons. The molecule has 2 aromatic rings. The third-order valence-electron chi connectivity index (χ3n) is 5.86. The van der Waals surface area contributed by atoms with E-state index in [9.17, 15) is 9.59 Å². The van der Waals surface area contributed by atoms with Gasteiger partial charge in [0, 0.05) is 36.6 Å². The van der Waals surface area contributed by atoms with E-state index in [0.29, 0.717) is 31.0 Å². The van der Waals surface area contributed by atoms with Crippen LogP contribution in [-0.4, -0.2) is 41.5 Å². The molecule has 1 fully saturated rings. The number of carbonyl (C=O) groups is 1. The third-order valence-corrected chi connectivity index (χ3v) is 5.86. The van der Waals surface area contributed by atoms with E-state index in [1.807, 2.05) is 25.1 Å². The van der Waals surface area contributed by atoms with Crippen LogP contribution in [0.4, 0.5) is 0 Å². The van der Waals surface area contributed by atoms with Gasteiger partial charge in [0.15, 0.2) is 0 Å². The number of nitrogens with one attached hydrogen (secondary N) is 2. The van der Waals surface area contributed by atoms with Crippen molar-refractivity contribution in [3.63, 3.8) is 0 Å². The van der Waals surface area contributed by atoms with Gasteiger partial charge in [-0.25, -0.2) is 0 Å². The molecule has 1 amide bonds. The molecule has 152 valence electrons. The maximum atomic E-state index is 12.2. The monoisotopic (exact) mass is 383 g/mol. The van der Waals surface area contributed by atoms with Gasteiger partial charge in [-0.2, -0.15) is 0 Å². The Bertz CT molecular complexity index is 859. The number of aromatic amines is 1. The molecule has 1 aliphatic rings. The predicted molar refractivity (Wildman–Crippen MR) is 115 cm³/mol. The van der Waals surface area contributed by atoms with Crippen molar-refractivity contribution in [1.82, 2.24) is 15.2 Å². The van der Waals surface area contributed by atoms with Crippen LogP contribution in [-0.2, 0) is 11.2 Å². The van der Waals surface area contributed by atoms with Gasteiger partial charge in [-0.3, -0.25) is 9.59 Å². The summed E-state index contributed by atoms with van der Waals surface area (Å²) in [7, 11) is 0. The number of H-pyrrole nitrogens is 1. The van der Waals surface area contributed by atoms with Crippen molar-refractivity contribution >= 4 is 16.8 Å². The van der Waals surface area contributed by atoms with E-state index in [-0.39, 0.29) is 11.5 Å². The normalized spacial score (nSPS) is 17.7. The number of amides is 1. The number of piperidine rings is 1. The minimum absolute atomic E-state index is 0.0226. The van der Waals surface area contributed by atoms with Gasteiger partial charge in [-0.05, 0) is 69.2 Å². The fraction of sp³-hybridized carbons (Fsp3) is 0.565. The fourth-order valence-electron chi connectivity index (χ4n) is 4.22. The Kier molecular flexibility index (Phi) is 7.26. The topological polar surface area (TPSA) is 65.2 Å². The van der Waals surface area contributed by atoms with Crippen molar-refractivity contribution in [1.29, 1.82) is 0 Å². The maximum absolute atomic E-state index is 12.2. The lowest BCUT2D eigenvalue weighted by molar-refractivity contribution is -0.121. The minimum atomic E-state index is -0.0974. The maximum Gasteiger partial charge on any atom is 0.251 e. The highest BCUT2D eigenvalue weighted by Crippen LogP contribution is 2.19. The molecular formula is C23H33N3O2. The van der Waals surface area contributed by atoms with Crippen molar-refractivity contribution in [3.8, 4) is 0 Å². The molecular weight excluding hydrogens is 350 g/mol. The summed E-state index contributed by atoms with van der Waals surface area (Å²) in [6.45, 7) is 7.25. The van der Waals surface area contributed by atoms with Crippen LogP contribution >= 0.6 is 0 Å². The van der Waals surface area contributed by atoms with Crippen LogP contribution in [0.3, 0.4) is 0 Å². The highest BCUT2D eigenvalue weighted by molar-refractivity contribution is 5.80. The van der Waals surface area contributed by atoms with Crippen LogP contribution in [0.1, 0.15) is 56.6 Å². The molecule has 28 heavy (non-hydrogen) atoms. The number of fused-ring (bicyclic) bond motifs is 1.